The van der Waals surface area contributed by atoms with Gasteiger partial charge in [-0.15, -0.1) is 0 Å². The van der Waals surface area contributed by atoms with Crippen LogP contribution in [0, 0.1) is 0 Å². The maximum Gasteiger partial charge on any atom is 1.00 e. The Morgan fingerprint density at radius 1 is 1.64 bits per heavy atom. The number of hydrogen-bond acceptors (Lipinski definition) is 4. The minimum atomic E-state index is -0.981. The molecule has 76 valence electrons. The molecular formula is C8H13NaO5. The van der Waals surface area contributed by atoms with Gasteiger partial charge in [-0.1, -0.05) is 0 Å². The Balaban J connectivity index is 0. The molecule has 1 aliphatic heterocycles. The van der Waals surface area contributed by atoms with E-state index in [1.54, 1.807) is 0 Å². The van der Waals surface area contributed by atoms with E-state index < -0.39 is 12.1 Å². The normalized spacial score (nSPS) is 20.1. The summed E-state index contributed by atoms with van der Waals surface area (Å²) in [5, 5.41) is 16.6. The number of Topliss-reactive ketones (excluding diaryl/α,β-unsaturated/α-hetero) is 1. The maximum absolute atomic E-state index is 10.9. The molecule has 6 heteroatoms. The molecule has 0 spiro atoms. The molecule has 1 fully saturated rings. The average molecular weight is 212 g/mol. The van der Waals surface area contributed by atoms with Gasteiger partial charge in [0.15, 0.2) is 5.78 Å². The Bertz CT molecular complexity index is 183. The van der Waals surface area contributed by atoms with Gasteiger partial charge in [-0.2, -0.15) is 7.11 Å². The third kappa shape index (κ3) is 6.50. The van der Waals surface area contributed by atoms with Gasteiger partial charge in [0.25, 0.3) is 0 Å². The van der Waals surface area contributed by atoms with Crippen molar-refractivity contribution in [2.75, 3.05) is 13.7 Å². The predicted molar refractivity (Wildman–Crippen MR) is 42.2 cm³/mol. The standard InChI is InChI=1S/C7H10O4.CH3O.Na/c8-5-2-1-3-11-6(5)4-7(9)10;1-2;/h6H,1-4H2,(H,9,10);1H3;/q;-1;+1. The first-order chi connectivity index (χ1) is 6.20. The molecule has 0 bridgehead atoms. The summed E-state index contributed by atoms with van der Waals surface area (Å²) in [6, 6.07) is 0. The fraction of sp³-hybridized carbons (Fsp3) is 0.750. The van der Waals surface area contributed by atoms with Crippen LogP contribution in [0.15, 0.2) is 0 Å². The fourth-order valence-electron chi connectivity index (χ4n) is 1.06. The minimum Gasteiger partial charge on any atom is -0.857 e. The summed E-state index contributed by atoms with van der Waals surface area (Å²) in [7, 11) is 0.750. The van der Waals surface area contributed by atoms with Crippen LogP contribution >= 0.6 is 0 Å². The Labute approximate surface area is 105 Å². The van der Waals surface area contributed by atoms with Crippen molar-refractivity contribution in [3.05, 3.63) is 0 Å². The van der Waals surface area contributed by atoms with E-state index in [1.165, 1.54) is 0 Å². The molecule has 1 saturated heterocycles. The molecule has 0 aromatic carbocycles. The Morgan fingerprint density at radius 2 is 2.21 bits per heavy atom. The number of ether oxygens (including phenoxy) is 1. The summed E-state index contributed by atoms with van der Waals surface area (Å²) in [5.41, 5.74) is 0. The van der Waals surface area contributed by atoms with Crippen molar-refractivity contribution < 1.29 is 54.1 Å². The topological polar surface area (TPSA) is 86.7 Å². The van der Waals surface area contributed by atoms with Crippen LogP contribution in [0.1, 0.15) is 19.3 Å². The molecular weight excluding hydrogens is 199 g/mol. The van der Waals surface area contributed by atoms with Gasteiger partial charge in [0.05, 0.1) is 6.42 Å². The molecule has 0 amide bonds. The molecule has 0 aliphatic carbocycles. The summed E-state index contributed by atoms with van der Waals surface area (Å²) >= 11 is 0. The van der Waals surface area contributed by atoms with Gasteiger partial charge >= 0.3 is 35.5 Å². The molecule has 0 aromatic heterocycles. The summed E-state index contributed by atoms with van der Waals surface area (Å²) in [6.07, 6.45) is 0.285. The molecule has 1 aliphatic rings. The first kappa shape index (κ1) is 16.5. The van der Waals surface area contributed by atoms with Gasteiger partial charge in [0, 0.05) is 13.0 Å². The number of hydrogen-bond donors (Lipinski definition) is 1. The van der Waals surface area contributed by atoms with Crippen molar-refractivity contribution in [1.29, 1.82) is 0 Å². The van der Waals surface area contributed by atoms with Gasteiger partial charge in [-0.05, 0) is 6.42 Å². The SMILES string of the molecule is C[O-].O=C(O)CC1OCCCC1=O.[Na+]. The summed E-state index contributed by atoms with van der Waals surface area (Å²) in [5.74, 6) is -1.07. The number of carbonyl (C=O) groups is 2. The summed E-state index contributed by atoms with van der Waals surface area (Å²) < 4.78 is 4.97. The van der Waals surface area contributed by atoms with Crippen molar-refractivity contribution >= 4 is 11.8 Å². The van der Waals surface area contributed by atoms with E-state index in [2.05, 4.69) is 0 Å². The fourth-order valence-corrected chi connectivity index (χ4v) is 1.06. The van der Waals surface area contributed by atoms with Crippen LogP contribution < -0.4 is 34.7 Å². The van der Waals surface area contributed by atoms with Crippen molar-refractivity contribution in [2.45, 2.75) is 25.4 Å². The second kappa shape index (κ2) is 9.61. The Morgan fingerprint density at radius 3 is 2.64 bits per heavy atom. The Kier molecular flexibility index (Phi) is 11.3. The van der Waals surface area contributed by atoms with E-state index >= 15 is 0 Å². The molecule has 0 radical (unpaired) electrons. The zero-order valence-electron chi connectivity index (χ0n) is 8.49. The monoisotopic (exact) mass is 212 g/mol. The van der Waals surface area contributed by atoms with Crippen LogP contribution in [-0.4, -0.2) is 36.7 Å². The molecule has 1 heterocycles. The van der Waals surface area contributed by atoms with Crippen molar-refractivity contribution in [3.8, 4) is 0 Å². The van der Waals surface area contributed by atoms with Gasteiger partial charge < -0.3 is 14.9 Å². The number of rotatable bonds is 2. The van der Waals surface area contributed by atoms with E-state index in [0.29, 0.717) is 13.0 Å². The smallest absolute Gasteiger partial charge is 0.857 e. The first-order valence-corrected chi connectivity index (χ1v) is 3.97. The van der Waals surface area contributed by atoms with Crippen LogP contribution in [0.2, 0.25) is 0 Å². The summed E-state index contributed by atoms with van der Waals surface area (Å²) in [4.78, 5) is 21.1. The quantitative estimate of drug-likeness (QED) is 0.474. The largest absolute Gasteiger partial charge is 1.00 e. The van der Waals surface area contributed by atoms with E-state index in [1.807, 2.05) is 0 Å². The third-order valence-electron chi connectivity index (χ3n) is 1.61. The van der Waals surface area contributed by atoms with Crippen LogP contribution in [0.25, 0.3) is 0 Å². The predicted octanol–water partition coefficient (Wildman–Crippen LogP) is -3.81. The number of carboxylic acid groups (broad SMARTS) is 1. The van der Waals surface area contributed by atoms with Gasteiger partial charge in [-0.25, -0.2) is 0 Å². The first-order valence-electron chi connectivity index (χ1n) is 3.97. The third-order valence-corrected chi connectivity index (χ3v) is 1.61. The molecule has 1 unspecified atom stereocenters. The molecule has 1 rings (SSSR count). The zero-order valence-corrected chi connectivity index (χ0v) is 10.5. The van der Waals surface area contributed by atoms with Gasteiger partial charge in [0.2, 0.25) is 0 Å². The average Bonchev–Trinajstić information content (AvgIpc) is 2.12. The molecule has 14 heavy (non-hydrogen) atoms. The minimum absolute atomic E-state index is 0. The number of aliphatic carboxylic acids is 1. The van der Waals surface area contributed by atoms with E-state index in [4.69, 9.17) is 14.9 Å². The molecule has 0 aromatic rings. The second-order valence-corrected chi connectivity index (χ2v) is 2.53. The van der Waals surface area contributed by atoms with Crippen LogP contribution in [0.5, 0.6) is 0 Å². The summed E-state index contributed by atoms with van der Waals surface area (Å²) in [6.45, 7) is 0.504. The van der Waals surface area contributed by atoms with E-state index in [9.17, 15) is 9.59 Å². The van der Waals surface area contributed by atoms with Crippen LogP contribution in [0.3, 0.4) is 0 Å². The maximum atomic E-state index is 10.9. The molecule has 1 N–H and O–H groups in total. The van der Waals surface area contributed by atoms with Crippen LogP contribution in [0.4, 0.5) is 0 Å². The van der Waals surface area contributed by atoms with E-state index in [0.717, 1.165) is 13.5 Å². The number of carboxylic acids is 1. The zero-order chi connectivity index (χ0) is 10.3. The van der Waals surface area contributed by atoms with Crippen molar-refractivity contribution in [3.63, 3.8) is 0 Å². The second-order valence-electron chi connectivity index (χ2n) is 2.53. The van der Waals surface area contributed by atoms with E-state index in [-0.39, 0.29) is 41.8 Å². The molecule has 1 atom stereocenters. The van der Waals surface area contributed by atoms with Crippen molar-refractivity contribution in [1.82, 2.24) is 0 Å². The number of ketones is 1. The molecule has 5 nitrogen and oxygen atoms in total. The van der Waals surface area contributed by atoms with Crippen LogP contribution in [-0.2, 0) is 14.3 Å². The number of carbonyl (C=O) groups excluding carboxylic acids is 1. The van der Waals surface area contributed by atoms with Gasteiger partial charge in [0.1, 0.15) is 6.10 Å². The molecule has 0 saturated carbocycles. The van der Waals surface area contributed by atoms with Crippen molar-refractivity contribution in [2.24, 2.45) is 0 Å². The van der Waals surface area contributed by atoms with Gasteiger partial charge in [-0.3, -0.25) is 9.59 Å². The Hall–Kier alpha value is 0.0600.